The molecule has 0 saturated carbocycles. The second kappa shape index (κ2) is 17.8. The van der Waals surface area contributed by atoms with Gasteiger partial charge in [0.15, 0.2) is 0 Å². The Morgan fingerprint density at radius 1 is 0.854 bits per heavy atom. The van der Waals surface area contributed by atoms with Gasteiger partial charge in [-0.25, -0.2) is 0 Å². The van der Waals surface area contributed by atoms with Crippen LogP contribution in [0.3, 0.4) is 0 Å². The number of rotatable bonds is 16. The number of pyridine rings is 1. The predicted molar refractivity (Wildman–Crippen MR) is 177 cm³/mol. The smallest absolute Gasteiger partial charge is 0.270 e. The third-order valence-electron chi connectivity index (χ3n) is 8.37. The highest BCUT2D eigenvalue weighted by molar-refractivity contribution is 8.26. The lowest BCUT2D eigenvalue weighted by atomic mass is 10.0. The standard InChI is InChI=1S/C33H50N4O2S2/c1-4-6-8-9-10-11-12-13-14-19-23-37-32(39)29(41-33(37)40)24-27-26(3)28(25-34)31(38)36(22-7-5-2)30(27)35-20-17-15-16-18-21-35/h24H,4-23H2,1-3H3/b29-24+. The van der Waals surface area contributed by atoms with E-state index in [4.69, 9.17) is 12.2 Å². The molecule has 3 heterocycles. The highest BCUT2D eigenvalue weighted by Gasteiger charge is 2.33. The van der Waals surface area contributed by atoms with Gasteiger partial charge in [0.2, 0.25) is 0 Å². The van der Waals surface area contributed by atoms with Gasteiger partial charge in [0.1, 0.15) is 21.8 Å². The predicted octanol–water partition coefficient (Wildman–Crippen LogP) is 8.33. The van der Waals surface area contributed by atoms with E-state index in [1.54, 1.807) is 9.47 Å². The van der Waals surface area contributed by atoms with Crippen LogP contribution in [0.15, 0.2) is 9.70 Å². The van der Waals surface area contributed by atoms with Crippen molar-refractivity contribution in [2.75, 3.05) is 24.5 Å². The summed E-state index contributed by atoms with van der Waals surface area (Å²) in [5.41, 5.74) is 1.43. The van der Waals surface area contributed by atoms with Crippen LogP contribution in [0.5, 0.6) is 0 Å². The van der Waals surface area contributed by atoms with E-state index >= 15 is 0 Å². The maximum atomic E-state index is 13.5. The van der Waals surface area contributed by atoms with Crippen LogP contribution in [0.25, 0.3) is 6.08 Å². The quantitative estimate of drug-likeness (QED) is 0.108. The fourth-order valence-electron chi connectivity index (χ4n) is 5.87. The van der Waals surface area contributed by atoms with Gasteiger partial charge in [0.25, 0.3) is 11.5 Å². The summed E-state index contributed by atoms with van der Waals surface area (Å²) in [4.78, 5) is 31.7. The first-order valence-corrected chi connectivity index (χ1v) is 17.3. The van der Waals surface area contributed by atoms with Gasteiger partial charge in [-0.3, -0.25) is 19.1 Å². The lowest BCUT2D eigenvalue weighted by Crippen LogP contribution is -2.35. The minimum absolute atomic E-state index is 0.0537. The number of nitrogens with zero attached hydrogens (tertiary/aromatic N) is 4. The zero-order valence-corrected chi connectivity index (χ0v) is 27.3. The molecule has 226 valence electrons. The lowest BCUT2D eigenvalue weighted by Gasteiger charge is -2.29. The van der Waals surface area contributed by atoms with E-state index in [-0.39, 0.29) is 17.0 Å². The van der Waals surface area contributed by atoms with Gasteiger partial charge in [-0.15, -0.1) is 0 Å². The normalized spacial score (nSPS) is 17.0. The van der Waals surface area contributed by atoms with Gasteiger partial charge in [0, 0.05) is 31.7 Å². The molecule has 6 nitrogen and oxygen atoms in total. The molecular weight excluding hydrogens is 549 g/mol. The number of hydrogen-bond acceptors (Lipinski definition) is 6. The molecule has 1 aromatic rings. The summed E-state index contributed by atoms with van der Waals surface area (Å²) in [6.07, 6.45) is 20.7. The van der Waals surface area contributed by atoms with E-state index in [1.165, 1.54) is 76.0 Å². The van der Waals surface area contributed by atoms with Crippen LogP contribution in [0.1, 0.15) is 133 Å². The van der Waals surface area contributed by atoms with Gasteiger partial charge in [-0.1, -0.05) is 115 Å². The number of carbonyl (C=O) groups excluding carboxylic acids is 1. The highest BCUT2D eigenvalue weighted by Crippen LogP contribution is 2.36. The first-order valence-electron chi connectivity index (χ1n) is 16.1. The number of thiocarbonyl (C=S) groups is 1. The number of unbranched alkanes of at least 4 members (excludes halogenated alkanes) is 10. The van der Waals surface area contributed by atoms with Crippen LogP contribution in [-0.4, -0.2) is 39.3 Å². The third-order valence-corrected chi connectivity index (χ3v) is 9.75. The van der Waals surface area contributed by atoms with E-state index < -0.39 is 0 Å². The fraction of sp³-hybridized carbons (Fsp3) is 0.697. The topological polar surface area (TPSA) is 69.3 Å². The number of nitriles is 1. The lowest BCUT2D eigenvalue weighted by molar-refractivity contribution is -0.122. The number of thioether (sulfide) groups is 1. The SMILES string of the molecule is CCCCCCCCCCCCN1C(=O)/C(=C\c2c(C)c(C#N)c(=O)n(CCCC)c2N2CCCCCC2)SC1=S. The van der Waals surface area contributed by atoms with E-state index in [9.17, 15) is 14.9 Å². The molecule has 1 amide bonds. The molecule has 2 aliphatic rings. The summed E-state index contributed by atoms with van der Waals surface area (Å²) < 4.78 is 2.41. The van der Waals surface area contributed by atoms with E-state index in [0.29, 0.717) is 27.9 Å². The number of hydrogen-bond donors (Lipinski definition) is 0. The van der Waals surface area contributed by atoms with Crippen molar-refractivity contribution in [2.45, 2.75) is 130 Å². The molecule has 0 unspecified atom stereocenters. The Morgan fingerprint density at radius 3 is 2.02 bits per heavy atom. The first-order chi connectivity index (χ1) is 19.9. The number of carbonyl (C=O) groups is 1. The number of amides is 1. The van der Waals surface area contributed by atoms with Crippen molar-refractivity contribution < 1.29 is 4.79 Å². The van der Waals surface area contributed by atoms with Gasteiger partial charge in [-0.05, 0) is 44.2 Å². The van der Waals surface area contributed by atoms with Gasteiger partial charge in [-0.2, -0.15) is 5.26 Å². The average Bonchev–Trinajstić information content (AvgIpc) is 3.12. The molecule has 1 aromatic heterocycles. The van der Waals surface area contributed by atoms with E-state index in [0.717, 1.165) is 63.0 Å². The average molecular weight is 599 g/mol. The first kappa shape index (κ1) is 33.4. The van der Waals surface area contributed by atoms with Crippen LogP contribution in [0, 0.1) is 18.3 Å². The molecule has 0 radical (unpaired) electrons. The van der Waals surface area contributed by atoms with Crippen molar-refractivity contribution >= 4 is 46.1 Å². The minimum Gasteiger partial charge on any atom is -0.357 e. The molecule has 0 atom stereocenters. The van der Waals surface area contributed by atoms with Crippen molar-refractivity contribution in [1.29, 1.82) is 5.26 Å². The van der Waals surface area contributed by atoms with E-state index in [1.807, 2.05) is 13.0 Å². The molecule has 0 N–H and O–H groups in total. The van der Waals surface area contributed by atoms with E-state index in [2.05, 4.69) is 24.8 Å². The molecule has 0 aromatic carbocycles. The molecule has 0 spiro atoms. The molecule has 8 heteroatoms. The van der Waals surface area contributed by atoms with Crippen molar-refractivity contribution in [3.63, 3.8) is 0 Å². The molecule has 2 saturated heterocycles. The maximum Gasteiger partial charge on any atom is 0.270 e. The maximum absolute atomic E-state index is 13.5. The summed E-state index contributed by atoms with van der Waals surface area (Å²) >= 11 is 7.00. The Kier molecular flexibility index (Phi) is 14.5. The molecule has 0 bridgehead atoms. The summed E-state index contributed by atoms with van der Waals surface area (Å²) in [6, 6.07) is 2.17. The summed E-state index contributed by atoms with van der Waals surface area (Å²) in [6.45, 7) is 9.17. The largest absolute Gasteiger partial charge is 0.357 e. The molecular formula is C33H50N4O2S2. The number of anilines is 1. The van der Waals surface area contributed by atoms with Gasteiger partial charge < -0.3 is 4.90 Å². The Hall–Kier alpha value is -2.11. The van der Waals surface area contributed by atoms with Crippen LogP contribution in [0.4, 0.5) is 5.82 Å². The Labute approximate surface area is 257 Å². The molecule has 41 heavy (non-hydrogen) atoms. The van der Waals surface area contributed by atoms with Crippen LogP contribution >= 0.6 is 24.0 Å². The second-order valence-electron chi connectivity index (χ2n) is 11.6. The Bertz CT molecular complexity index is 1160. The van der Waals surface area contributed by atoms with Crippen molar-refractivity contribution in [3.8, 4) is 6.07 Å². The fourth-order valence-corrected chi connectivity index (χ4v) is 7.16. The zero-order chi connectivity index (χ0) is 29.6. The van der Waals surface area contributed by atoms with Crippen molar-refractivity contribution in [2.24, 2.45) is 0 Å². The highest BCUT2D eigenvalue weighted by atomic mass is 32.2. The third kappa shape index (κ3) is 9.19. The van der Waals surface area contributed by atoms with Crippen LogP contribution < -0.4 is 10.5 Å². The monoisotopic (exact) mass is 598 g/mol. The van der Waals surface area contributed by atoms with Crippen LogP contribution in [-0.2, 0) is 11.3 Å². The second-order valence-corrected chi connectivity index (χ2v) is 13.3. The van der Waals surface area contributed by atoms with Crippen molar-refractivity contribution in [1.82, 2.24) is 9.47 Å². The summed E-state index contributed by atoms with van der Waals surface area (Å²) in [5.74, 6) is 0.809. The number of aromatic nitrogens is 1. The van der Waals surface area contributed by atoms with Crippen molar-refractivity contribution in [3.05, 3.63) is 31.9 Å². The summed E-state index contributed by atoms with van der Waals surface area (Å²) in [7, 11) is 0. The van der Waals surface area contributed by atoms with Gasteiger partial charge in [0.05, 0.1) is 4.91 Å². The van der Waals surface area contributed by atoms with Crippen LogP contribution in [0.2, 0.25) is 0 Å². The van der Waals surface area contributed by atoms with Gasteiger partial charge >= 0.3 is 0 Å². The Morgan fingerprint density at radius 2 is 1.44 bits per heavy atom. The zero-order valence-electron chi connectivity index (χ0n) is 25.6. The Balaban J connectivity index is 1.78. The summed E-state index contributed by atoms with van der Waals surface area (Å²) in [5, 5.41) is 9.94. The molecule has 2 fully saturated rings. The molecule has 2 aliphatic heterocycles. The molecule has 0 aliphatic carbocycles. The minimum atomic E-state index is -0.219. The molecule has 3 rings (SSSR count).